The molecule has 2 atom stereocenters. The molecule has 0 bridgehead atoms. The molecule has 4 aromatic rings. The van der Waals surface area contributed by atoms with Gasteiger partial charge in [0.1, 0.15) is 5.52 Å². The van der Waals surface area contributed by atoms with Crippen LogP contribution < -0.4 is 5.32 Å². The van der Waals surface area contributed by atoms with E-state index in [0.717, 1.165) is 24.0 Å². The molecule has 8 heteroatoms. The van der Waals surface area contributed by atoms with Crippen LogP contribution in [0, 0.1) is 12.8 Å². The SMILES string of the molecule is Cc1ccc(C(=O)N2CCC[C@@H](C)[C@H]2CNc2nc3cc(Cl)ccc3o2)c(-c2ncccn2)c1. The molecule has 3 heterocycles. The molecule has 34 heavy (non-hydrogen) atoms. The predicted octanol–water partition coefficient (Wildman–Crippen LogP) is 5.60. The average Bonchev–Trinajstić information content (AvgIpc) is 3.25. The van der Waals surface area contributed by atoms with E-state index in [1.807, 2.05) is 30.0 Å². The summed E-state index contributed by atoms with van der Waals surface area (Å²) < 4.78 is 5.82. The third kappa shape index (κ3) is 4.48. The Morgan fingerprint density at radius 3 is 2.85 bits per heavy atom. The smallest absolute Gasteiger partial charge is 0.295 e. The second-order valence-corrected chi connectivity index (χ2v) is 9.26. The minimum Gasteiger partial charge on any atom is -0.424 e. The topological polar surface area (TPSA) is 84.2 Å². The number of fused-ring (bicyclic) bond motifs is 1. The average molecular weight is 476 g/mol. The number of likely N-dealkylation sites (tertiary alicyclic amines) is 1. The van der Waals surface area contributed by atoms with Crippen molar-refractivity contribution in [1.82, 2.24) is 19.9 Å². The third-order valence-electron chi connectivity index (χ3n) is 6.40. The number of anilines is 1. The molecule has 0 aliphatic carbocycles. The second kappa shape index (κ2) is 9.43. The van der Waals surface area contributed by atoms with Gasteiger partial charge >= 0.3 is 0 Å². The summed E-state index contributed by atoms with van der Waals surface area (Å²) in [6, 6.07) is 13.4. The number of benzene rings is 2. The highest BCUT2D eigenvalue weighted by atomic mass is 35.5. The summed E-state index contributed by atoms with van der Waals surface area (Å²) in [5, 5.41) is 3.92. The Hall–Kier alpha value is -3.45. The van der Waals surface area contributed by atoms with E-state index < -0.39 is 0 Å². The fourth-order valence-electron chi connectivity index (χ4n) is 4.60. The maximum Gasteiger partial charge on any atom is 0.295 e. The number of aryl methyl sites for hydroxylation is 1. The van der Waals surface area contributed by atoms with E-state index in [4.69, 9.17) is 16.0 Å². The van der Waals surface area contributed by atoms with Gasteiger partial charge in [-0.2, -0.15) is 4.98 Å². The maximum absolute atomic E-state index is 13.8. The van der Waals surface area contributed by atoms with Crippen molar-refractivity contribution >= 4 is 34.6 Å². The van der Waals surface area contributed by atoms with Crippen molar-refractivity contribution in [2.75, 3.05) is 18.4 Å². The van der Waals surface area contributed by atoms with E-state index in [1.165, 1.54) is 0 Å². The number of nitrogens with zero attached hydrogens (tertiary/aromatic N) is 4. The molecule has 2 aromatic carbocycles. The van der Waals surface area contributed by atoms with Gasteiger partial charge < -0.3 is 14.6 Å². The van der Waals surface area contributed by atoms with Crippen LogP contribution in [0.25, 0.3) is 22.5 Å². The number of amides is 1. The monoisotopic (exact) mass is 475 g/mol. The van der Waals surface area contributed by atoms with Crippen molar-refractivity contribution in [3.05, 3.63) is 71.0 Å². The summed E-state index contributed by atoms with van der Waals surface area (Å²) in [5.41, 5.74) is 3.80. The Balaban J connectivity index is 1.41. The number of aromatic nitrogens is 3. The summed E-state index contributed by atoms with van der Waals surface area (Å²) >= 11 is 6.07. The molecule has 5 rings (SSSR count). The molecule has 174 valence electrons. The quantitative estimate of drug-likeness (QED) is 0.404. The lowest BCUT2D eigenvalue weighted by molar-refractivity contribution is 0.0540. The zero-order valence-corrected chi connectivity index (χ0v) is 19.9. The first-order chi connectivity index (χ1) is 16.5. The summed E-state index contributed by atoms with van der Waals surface area (Å²) in [5.74, 6) is 0.871. The number of piperidine rings is 1. The largest absolute Gasteiger partial charge is 0.424 e. The Morgan fingerprint density at radius 1 is 1.21 bits per heavy atom. The first kappa shape index (κ1) is 22.3. The van der Waals surface area contributed by atoms with Gasteiger partial charge in [0.05, 0.1) is 11.6 Å². The van der Waals surface area contributed by atoms with Crippen LogP contribution in [0.1, 0.15) is 35.7 Å². The Kier molecular flexibility index (Phi) is 6.20. The Morgan fingerprint density at radius 2 is 2.03 bits per heavy atom. The number of hydrogen-bond acceptors (Lipinski definition) is 6. The van der Waals surface area contributed by atoms with Gasteiger partial charge in [-0.15, -0.1) is 0 Å². The van der Waals surface area contributed by atoms with Crippen LogP contribution in [0.2, 0.25) is 5.02 Å². The van der Waals surface area contributed by atoms with E-state index in [0.29, 0.717) is 52.5 Å². The molecular weight excluding hydrogens is 450 g/mol. The highest BCUT2D eigenvalue weighted by Gasteiger charge is 2.33. The van der Waals surface area contributed by atoms with Gasteiger partial charge in [-0.3, -0.25) is 4.79 Å². The number of oxazole rings is 1. The zero-order chi connectivity index (χ0) is 23.7. The summed E-state index contributed by atoms with van der Waals surface area (Å²) in [6.45, 7) is 5.43. The van der Waals surface area contributed by atoms with Crippen LogP contribution in [-0.2, 0) is 0 Å². The van der Waals surface area contributed by atoms with E-state index in [-0.39, 0.29) is 11.9 Å². The van der Waals surface area contributed by atoms with Crippen LogP contribution in [0.3, 0.4) is 0 Å². The molecule has 1 fully saturated rings. The zero-order valence-electron chi connectivity index (χ0n) is 19.2. The van der Waals surface area contributed by atoms with Gasteiger partial charge in [0, 0.05) is 36.1 Å². The molecule has 0 radical (unpaired) electrons. The molecule has 0 saturated carbocycles. The van der Waals surface area contributed by atoms with E-state index >= 15 is 0 Å². The summed E-state index contributed by atoms with van der Waals surface area (Å²) in [7, 11) is 0. The molecule has 0 spiro atoms. The first-order valence-corrected chi connectivity index (χ1v) is 11.9. The predicted molar refractivity (Wildman–Crippen MR) is 133 cm³/mol. The highest BCUT2D eigenvalue weighted by Crippen LogP contribution is 2.29. The fourth-order valence-corrected chi connectivity index (χ4v) is 4.77. The molecule has 7 nitrogen and oxygen atoms in total. The molecule has 0 unspecified atom stereocenters. The van der Waals surface area contributed by atoms with Crippen LogP contribution in [0.15, 0.2) is 59.3 Å². The second-order valence-electron chi connectivity index (χ2n) is 8.82. The van der Waals surface area contributed by atoms with Gasteiger partial charge in [-0.1, -0.05) is 30.2 Å². The molecule has 1 saturated heterocycles. The standard InChI is InChI=1S/C26H26ClN5O2/c1-16-6-8-19(20(13-16)24-28-10-4-11-29-24)25(33)32-12-3-5-17(2)22(32)15-30-26-31-21-14-18(27)7-9-23(21)34-26/h4,6-11,13-14,17,22H,3,5,12,15H2,1-2H3,(H,30,31)/t17-,22-/m1/s1. The fraction of sp³-hybridized carbons (Fsp3) is 0.308. The third-order valence-corrected chi connectivity index (χ3v) is 6.64. The van der Waals surface area contributed by atoms with E-state index in [2.05, 4.69) is 27.2 Å². The number of hydrogen-bond donors (Lipinski definition) is 1. The van der Waals surface area contributed by atoms with Gasteiger partial charge in [0.15, 0.2) is 11.4 Å². The van der Waals surface area contributed by atoms with E-state index in [1.54, 1.807) is 36.7 Å². The number of nitrogens with one attached hydrogen (secondary N) is 1. The normalized spacial score (nSPS) is 18.3. The highest BCUT2D eigenvalue weighted by molar-refractivity contribution is 6.31. The van der Waals surface area contributed by atoms with Crippen molar-refractivity contribution < 1.29 is 9.21 Å². The number of carbonyl (C=O) groups is 1. The van der Waals surface area contributed by atoms with Crippen molar-refractivity contribution in [3.8, 4) is 11.4 Å². The molecular formula is C26H26ClN5O2. The van der Waals surface area contributed by atoms with Crippen LogP contribution in [0.5, 0.6) is 0 Å². The van der Waals surface area contributed by atoms with Gasteiger partial charge in [0.25, 0.3) is 11.9 Å². The number of rotatable bonds is 5. The van der Waals surface area contributed by atoms with Crippen LogP contribution in [-0.4, -0.2) is 44.9 Å². The molecule has 2 aromatic heterocycles. The number of carbonyl (C=O) groups excluding carboxylic acids is 1. The van der Waals surface area contributed by atoms with E-state index in [9.17, 15) is 4.79 Å². The van der Waals surface area contributed by atoms with Crippen molar-refractivity contribution in [3.63, 3.8) is 0 Å². The van der Waals surface area contributed by atoms with Gasteiger partial charge in [-0.25, -0.2) is 9.97 Å². The van der Waals surface area contributed by atoms with Crippen LogP contribution in [0.4, 0.5) is 6.01 Å². The molecule has 1 aliphatic heterocycles. The summed E-state index contributed by atoms with van der Waals surface area (Å²) in [6.07, 6.45) is 5.42. The molecule has 1 aliphatic rings. The first-order valence-electron chi connectivity index (χ1n) is 11.5. The minimum absolute atomic E-state index is 0.00862. The van der Waals surface area contributed by atoms with Crippen molar-refractivity contribution in [2.45, 2.75) is 32.7 Å². The van der Waals surface area contributed by atoms with Gasteiger partial charge in [0.2, 0.25) is 0 Å². The number of halogens is 1. The van der Waals surface area contributed by atoms with Crippen LogP contribution >= 0.6 is 11.6 Å². The minimum atomic E-state index is -0.00912. The maximum atomic E-state index is 13.8. The lowest BCUT2D eigenvalue weighted by Crippen LogP contribution is -2.51. The molecule has 1 N–H and O–H groups in total. The Bertz CT molecular complexity index is 1320. The van der Waals surface area contributed by atoms with Crippen molar-refractivity contribution in [2.24, 2.45) is 5.92 Å². The summed E-state index contributed by atoms with van der Waals surface area (Å²) in [4.78, 5) is 29.1. The Labute approximate surface area is 203 Å². The lowest BCUT2D eigenvalue weighted by Gasteiger charge is -2.40. The molecule has 1 amide bonds. The lowest BCUT2D eigenvalue weighted by atomic mass is 9.89. The van der Waals surface area contributed by atoms with Crippen molar-refractivity contribution in [1.29, 1.82) is 0 Å². The van der Waals surface area contributed by atoms with Gasteiger partial charge in [-0.05, 0) is 62.1 Å².